The Morgan fingerprint density at radius 2 is 1.44 bits per heavy atom. The summed E-state index contributed by atoms with van der Waals surface area (Å²) in [5.41, 5.74) is 4.11. The smallest absolute Gasteiger partial charge is 0.0146 e. The summed E-state index contributed by atoms with van der Waals surface area (Å²) >= 11 is 0. The van der Waals surface area contributed by atoms with Gasteiger partial charge in [0, 0.05) is 0 Å². The van der Waals surface area contributed by atoms with Gasteiger partial charge in [0.05, 0.1) is 0 Å². The molecule has 88 valence electrons. The van der Waals surface area contributed by atoms with Gasteiger partial charge in [0.15, 0.2) is 0 Å². The van der Waals surface area contributed by atoms with Crippen LogP contribution in [0.15, 0.2) is 66.7 Å². The maximum atomic E-state index is 2.25. The van der Waals surface area contributed by atoms with E-state index in [0.717, 1.165) is 6.42 Å². The van der Waals surface area contributed by atoms with Crippen molar-refractivity contribution in [1.82, 2.24) is 0 Å². The summed E-state index contributed by atoms with van der Waals surface area (Å²) in [6.45, 7) is 2.23. The largest absolute Gasteiger partial charge is 0.0622 e. The lowest BCUT2D eigenvalue weighted by Gasteiger charge is -2.11. The van der Waals surface area contributed by atoms with E-state index in [9.17, 15) is 0 Å². The van der Waals surface area contributed by atoms with Crippen molar-refractivity contribution in [3.8, 4) is 11.1 Å². The van der Waals surface area contributed by atoms with Gasteiger partial charge in [0.1, 0.15) is 0 Å². The number of benzene rings is 3. The first-order chi connectivity index (χ1) is 8.90. The Bertz CT molecular complexity index is 666. The zero-order valence-electron chi connectivity index (χ0n) is 10.6. The molecule has 0 heterocycles. The third-order valence-corrected chi connectivity index (χ3v) is 3.48. The van der Waals surface area contributed by atoms with E-state index < -0.39 is 0 Å². The number of aryl methyl sites for hydroxylation is 1. The summed E-state index contributed by atoms with van der Waals surface area (Å²) in [5, 5.41) is 2.70. The van der Waals surface area contributed by atoms with Crippen LogP contribution in [0.25, 0.3) is 21.9 Å². The van der Waals surface area contributed by atoms with Gasteiger partial charge in [-0.1, -0.05) is 73.7 Å². The Morgan fingerprint density at radius 3 is 2.22 bits per heavy atom. The van der Waals surface area contributed by atoms with Crippen LogP contribution in [0.5, 0.6) is 0 Å². The van der Waals surface area contributed by atoms with Crippen molar-refractivity contribution >= 4 is 10.8 Å². The lowest BCUT2D eigenvalue weighted by molar-refractivity contribution is 1.16. The first kappa shape index (κ1) is 11.0. The molecule has 0 spiro atoms. The van der Waals surface area contributed by atoms with Gasteiger partial charge in [-0.25, -0.2) is 0 Å². The van der Waals surface area contributed by atoms with Gasteiger partial charge >= 0.3 is 0 Å². The van der Waals surface area contributed by atoms with Gasteiger partial charge < -0.3 is 0 Å². The van der Waals surface area contributed by atoms with Crippen LogP contribution >= 0.6 is 0 Å². The van der Waals surface area contributed by atoms with Crippen molar-refractivity contribution in [1.29, 1.82) is 0 Å². The molecule has 0 heteroatoms. The highest BCUT2D eigenvalue weighted by molar-refractivity contribution is 5.91. The zero-order valence-corrected chi connectivity index (χ0v) is 10.6. The van der Waals surface area contributed by atoms with Crippen LogP contribution < -0.4 is 0 Å². The molecule has 18 heavy (non-hydrogen) atoms. The van der Waals surface area contributed by atoms with Crippen LogP contribution in [0.2, 0.25) is 0 Å². The van der Waals surface area contributed by atoms with E-state index >= 15 is 0 Å². The highest BCUT2D eigenvalue weighted by Crippen LogP contribution is 2.30. The van der Waals surface area contributed by atoms with Crippen LogP contribution in [0.1, 0.15) is 12.5 Å². The molecule has 0 saturated heterocycles. The second-order valence-electron chi connectivity index (χ2n) is 4.53. The van der Waals surface area contributed by atoms with Crippen LogP contribution in [0.4, 0.5) is 0 Å². The second-order valence-corrected chi connectivity index (χ2v) is 4.53. The van der Waals surface area contributed by atoms with Gasteiger partial charge in [-0.3, -0.25) is 0 Å². The number of rotatable bonds is 2. The quantitative estimate of drug-likeness (QED) is 0.578. The predicted molar refractivity (Wildman–Crippen MR) is 78.8 cm³/mol. The molecule has 0 aliphatic heterocycles. The maximum Gasteiger partial charge on any atom is -0.0146 e. The fraction of sp³-hybridized carbons (Fsp3) is 0.111. The summed E-state index contributed by atoms with van der Waals surface area (Å²) in [4.78, 5) is 0. The molecule has 0 aliphatic rings. The Kier molecular flexibility index (Phi) is 2.85. The van der Waals surface area contributed by atoms with Crippen LogP contribution in [0.3, 0.4) is 0 Å². The summed E-state index contributed by atoms with van der Waals surface area (Å²) < 4.78 is 0. The van der Waals surface area contributed by atoms with Gasteiger partial charge in [0.2, 0.25) is 0 Å². The summed E-state index contributed by atoms with van der Waals surface area (Å²) in [7, 11) is 0. The molecule has 0 aliphatic carbocycles. The van der Waals surface area contributed by atoms with E-state index in [0.29, 0.717) is 0 Å². The molecule has 0 amide bonds. The van der Waals surface area contributed by atoms with Crippen LogP contribution in [-0.4, -0.2) is 0 Å². The average Bonchev–Trinajstić information content (AvgIpc) is 2.47. The Labute approximate surface area is 108 Å². The molecular weight excluding hydrogens is 216 g/mol. The molecular formula is C18H16. The van der Waals surface area contributed by atoms with Crippen molar-refractivity contribution in [3.63, 3.8) is 0 Å². The first-order valence-corrected chi connectivity index (χ1v) is 6.46. The second kappa shape index (κ2) is 4.66. The molecule has 0 unspecified atom stereocenters. The fourth-order valence-electron chi connectivity index (χ4n) is 2.61. The number of fused-ring (bicyclic) bond motifs is 1. The van der Waals surface area contributed by atoms with E-state index in [1.54, 1.807) is 0 Å². The molecule has 0 fully saturated rings. The summed E-state index contributed by atoms with van der Waals surface area (Å²) in [6.07, 6.45) is 1.06. The SMILES string of the molecule is CCc1c(-c2ccccc2)ccc2ccccc12. The molecule has 3 aromatic carbocycles. The standard InChI is InChI=1S/C18H16/c1-2-16-17-11-7-6-10-15(17)12-13-18(16)14-8-4-3-5-9-14/h3-13H,2H2,1H3. The Morgan fingerprint density at radius 1 is 0.722 bits per heavy atom. The normalized spacial score (nSPS) is 10.7. The van der Waals surface area contributed by atoms with E-state index in [-0.39, 0.29) is 0 Å². The molecule has 0 aromatic heterocycles. The van der Waals surface area contributed by atoms with Gasteiger partial charge in [-0.05, 0) is 33.9 Å². The average molecular weight is 232 g/mol. The molecule has 0 radical (unpaired) electrons. The Balaban J connectivity index is 2.31. The molecule has 0 atom stereocenters. The van der Waals surface area contributed by atoms with E-state index in [2.05, 4.69) is 73.7 Å². The molecule has 0 nitrogen and oxygen atoms in total. The monoisotopic (exact) mass is 232 g/mol. The summed E-state index contributed by atoms with van der Waals surface area (Å²) in [5.74, 6) is 0. The lowest BCUT2D eigenvalue weighted by atomic mass is 9.93. The third-order valence-electron chi connectivity index (χ3n) is 3.48. The van der Waals surface area contributed by atoms with Gasteiger partial charge in [-0.15, -0.1) is 0 Å². The molecule has 0 N–H and O–H groups in total. The number of hydrogen-bond acceptors (Lipinski definition) is 0. The van der Waals surface area contributed by atoms with Gasteiger partial charge in [0.25, 0.3) is 0 Å². The lowest BCUT2D eigenvalue weighted by Crippen LogP contribution is -1.89. The maximum absolute atomic E-state index is 2.25. The third kappa shape index (κ3) is 1.80. The minimum Gasteiger partial charge on any atom is -0.0622 e. The van der Waals surface area contributed by atoms with E-state index in [1.165, 1.54) is 27.5 Å². The topological polar surface area (TPSA) is 0 Å². The molecule has 0 bridgehead atoms. The van der Waals surface area contributed by atoms with E-state index in [1.807, 2.05) is 0 Å². The van der Waals surface area contributed by atoms with Crippen molar-refractivity contribution < 1.29 is 0 Å². The number of hydrogen-bond donors (Lipinski definition) is 0. The van der Waals surface area contributed by atoms with Crippen molar-refractivity contribution in [3.05, 3.63) is 72.3 Å². The summed E-state index contributed by atoms with van der Waals surface area (Å²) in [6, 6.07) is 23.7. The highest BCUT2D eigenvalue weighted by atomic mass is 14.1. The molecule has 3 aromatic rings. The van der Waals surface area contributed by atoms with Crippen molar-refractivity contribution in [2.75, 3.05) is 0 Å². The Hall–Kier alpha value is -2.08. The highest BCUT2D eigenvalue weighted by Gasteiger charge is 2.07. The fourth-order valence-corrected chi connectivity index (χ4v) is 2.61. The zero-order chi connectivity index (χ0) is 12.4. The van der Waals surface area contributed by atoms with E-state index in [4.69, 9.17) is 0 Å². The predicted octanol–water partition coefficient (Wildman–Crippen LogP) is 5.07. The van der Waals surface area contributed by atoms with Crippen LogP contribution in [-0.2, 0) is 6.42 Å². The van der Waals surface area contributed by atoms with Crippen molar-refractivity contribution in [2.24, 2.45) is 0 Å². The molecule has 3 rings (SSSR count). The van der Waals surface area contributed by atoms with Gasteiger partial charge in [-0.2, -0.15) is 0 Å². The first-order valence-electron chi connectivity index (χ1n) is 6.46. The molecule has 0 saturated carbocycles. The van der Waals surface area contributed by atoms with Crippen LogP contribution in [0, 0.1) is 0 Å². The minimum atomic E-state index is 1.06. The minimum absolute atomic E-state index is 1.06. The van der Waals surface area contributed by atoms with Crippen molar-refractivity contribution in [2.45, 2.75) is 13.3 Å².